The van der Waals surface area contributed by atoms with E-state index in [0.29, 0.717) is 24.7 Å². The van der Waals surface area contributed by atoms with E-state index in [1.807, 2.05) is 0 Å². The molecule has 5 aliphatic rings. The minimum Gasteiger partial charge on any atom is -0.481 e. The van der Waals surface area contributed by atoms with Gasteiger partial charge < -0.3 is 15.5 Å². The van der Waals surface area contributed by atoms with Crippen LogP contribution >= 0.6 is 0 Å². The van der Waals surface area contributed by atoms with Gasteiger partial charge in [-0.25, -0.2) is 0 Å². The van der Waals surface area contributed by atoms with Crippen molar-refractivity contribution in [3.8, 4) is 0 Å². The standard InChI is InChI=1S/C37H59NO5/c1-32(2)27-13-16-37(7)30(35(27,5)15-14-28(32)40)26(39)22-24-25-23-34(4,18-17-33(25,3)19-20-36(24,37)6)31(43)38-21-11-9-8-10-12-29(41)42/h22,25,27-28,30,40H,8-21,23H2,1-7H3,(H,38,43)(H,41,42)/t25-,27-,28-,30+,33+,34-,35-,36+,37+/m0/s1. The Morgan fingerprint density at radius 1 is 0.884 bits per heavy atom. The van der Waals surface area contributed by atoms with Crippen LogP contribution in [0.15, 0.2) is 11.6 Å². The highest BCUT2D eigenvalue weighted by molar-refractivity contribution is 5.95. The van der Waals surface area contributed by atoms with E-state index in [0.717, 1.165) is 77.0 Å². The van der Waals surface area contributed by atoms with Crippen molar-refractivity contribution in [2.75, 3.05) is 6.54 Å². The van der Waals surface area contributed by atoms with Crippen LogP contribution in [0.25, 0.3) is 0 Å². The fraction of sp³-hybridized carbons (Fsp3) is 0.865. The van der Waals surface area contributed by atoms with Crippen molar-refractivity contribution < 1.29 is 24.6 Å². The summed E-state index contributed by atoms with van der Waals surface area (Å²) < 4.78 is 0. The van der Waals surface area contributed by atoms with E-state index in [1.165, 1.54) is 5.57 Å². The van der Waals surface area contributed by atoms with Crippen LogP contribution in [0.3, 0.4) is 0 Å². The number of carboxylic acid groups (broad SMARTS) is 1. The number of rotatable bonds is 8. The average molecular weight is 598 g/mol. The van der Waals surface area contributed by atoms with Gasteiger partial charge in [0.2, 0.25) is 5.91 Å². The van der Waals surface area contributed by atoms with Crippen LogP contribution < -0.4 is 5.32 Å². The number of carboxylic acids is 1. The van der Waals surface area contributed by atoms with Gasteiger partial charge in [-0.2, -0.15) is 0 Å². The molecule has 6 nitrogen and oxygen atoms in total. The van der Waals surface area contributed by atoms with Crippen molar-refractivity contribution >= 4 is 17.7 Å². The minimum atomic E-state index is -0.747. The number of nitrogens with one attached hydrogen (secondary N) is 1. The molecule has 0 bridgehead atoms. The van der Waals surface area contributed by atoms with Gasteiger partial charge in [0.1, 0.15) is 0 Å². The molecule has 0 spiro atoms. The Kier molecular flexibility index (Phi) is 8.35. The Labute approximate surface area is 260 Å². The second-order valence-corrected chi connectivity index (χ2v) is 17.4. The zero-order valence-electron chi connectivity index (χ0n) is 28.1. The number of carbonyl (C=O) groups is 3. The first-order chi connectivity index (χ1) is 19.9. The quantitative estimate of drug-likeness (QED) is 0.252. The van der Waals surface area contributed by atoms with Gasteiger partial charge in [0.15, 0.2) is 5.78 Å². The van der Waals surface area contributed by atoms with Gasteiger partial charge in [0, 0.05) is 24.3 Å². The highest BCUT2D eigenvalue weighted by atomic mass is 16.4. The summed E-state index contributed by atoms with van der Waals surface area (Å²) >= 11 is 0. The zero-order valence-corrected chi connectivity index (χ0v) is 28.1. The summed E-state index contributed by atoms with van der Waals surface area (Å²) in [6.45, 7) is 16.9. The SMILES string of the molecule is CC1(C)[C@@H](O)CC[C@]2(C)[C@H]3C(=O)C=C4[C@@H]5C[C@@](C)(C(=O)NCCCCCCC(=O)O)CC[C@]5(C)CC[C@@]4(C)[C@]3(C)CC[C@@H]12. The lowest BCUT2D eigenvalue weighted by molar-refractivity contribution is -0.202. The first-order valence-corrected chi connectivity index (χ1v) is 17.4. The maximum atomic E-state index is 14.5. The van der Waals surface area contributed by atoms with Crippen LogP contribution in [0.2, 0.25) is 0 Å². The first-order valence-electron chi connectivity index (χ1n) is 17.4. The number of unbranched alkanes of at least 4 members (excludes halogenated alkanes) is 3. The van der Waals surface area contributed by atoms with Gasteiger partial charge in [-0.3, -0.25) is 14.4 Å². The van der Waals surface area contributed by atoms with Crippen molar-refractivity contribution in [3.63, 3.8) is 0 Å². The van der Waals surface area contributed by atoms with E-state index < -0.39 is 11.4 Å². The number of hydrogen-bond acceptors (Lipinski definition) is 4. The molecule has 1 amide bonds. The molecular formula is C37H59NO5. The molecule has 0 aromatic carbocycles. The Hall–Kier alpha value is -1.69. The maximum absolute atomic E-state index is 14.5. The molecule has 0 aromatic heterocycles. The molecule has 0 aliphatic heterocycles. The van der Waals surface area contributed by atoms with Gasteiger partial charge in [0.05, 0.1) is 6.10 Å². The Balaban J connectivity index is 1.37. The second kappa shape index (κ2) is 11.0. The normalized spacial score (nSPS) is 45.1. The number of hydrogen-bond donors (Lipinski definition) is 3. The van der Waals surface area contributed by atoms with E-state index in [4.69, 9.17) is 5.11 Å². The van der Waals surface area contributed by atoms with Crippen molar-refractivity contribution in [1.82, 2.24) is 5.32 Å². The number of aliphatic hydroxyl groups excluding tert-OH is 1. The first kappa shape index (κ1) is 32.7. The lowest BCUT2D eigenvalue weighted by Gasteiger charge is -2.70. The predicted octanol–water partition coefficient (Wildman–Crippen LogP) is 7.48. The summed E-state index contributed by atoms with van der Waals surface area (Å²) in [5.74, 6) is 0.217. The van der Waals surface area contributed by atoms with Crippen LogP contribution in [0.1, 0.15) is 138 Å². The molecule has 3 N–H and O–H groups in total. The molecule has 5 aliphatic carbocycles. The van der Waals surface area contributed by atoms with E-state index in [1.54, 1.807) is 0 Å². The van der Waals surface area contributed by atoms with E-state index in [2.05, 4.69) is 59.9 Å². The Morgan fingerprint density at radius 3 is 2.26 bits per heavy atom. The van der Waals surface area contributed by atoms with Gasteiger partial charge in [0.25, 0.3) is 0 Å². The number of fused-ring (bicyclic) bond motifs is 7. The fourth-order valence-electron chi connectivity index (χ4n) is 11.5. The molecule has 4 fully saturated rings. The third kappa shape index (κ3) is 5.04. The molecule has 5 rings (SSSR count). The summed E-state index contributed by atoms with van der Waals surface area (Å²) in [6, 6.07) is 0. The van der Waals surface area contributed by atoms with E-state index in [-0.39, 0.29) is 57.3 Å². The van der Waals surface area contributed by atoms with Crippen molar-refractivity contribution in [2.45, 2.75) is 144 Å². The molecule has 0 aromatic rings. The number of allylic oxidation sites excluding steroid dienone is 2. The molecule has 0 unspecified atom stereocenters. The molecule has 0 heterocycles. The van der Waals surface area contributed by atoms with E-state index >= 15 is 0 Å². The minimum absolute atomic E-state index is 0.0302. The monoisotopic (exact) mass is 597 g/mol. The molecular weight excluding hydrogens is 538 g/mol. The molecule has 0 radical (unpaired) electrons. The highest BCUT2D eigenvalue weighted by Gasteiger charge is 2.70. The lowest BCUT2D eigenvalue weighted by atomic mass is 9.33. The van der Waals surface area contributed by atoms with Crippen LogP contribution in [-0.2, 0) is 14.4 Å². The molecule has 9 atom stereocenters. The predicted molar refractivity (Wildman–Crippen MR) is 169 cm³/mol. The Bertz CT molecular complexity index is 1180. The number of ketones is 1. The zero-order chi connectivity index (χ0) is 31.6. The third-order valence-electron chi connectivity index (χ3n) is 14.7. The summed E-state index contributed by atoms with van der Waals surface area (Å²) in [6.07, 6.45) is 14.0. The van der Waals surface area contributed by atoms with Gasteiger partial charge >= 0.3 is 5.97 Å². The molecule has 43 heavy (non-hydrogen) atoms. The van der Waals surface area contributed by atoms with Crippen molar-refractivity contribution in [2.24, 2.45) is 50.2 Å². The molecule has 0 saturated heterocycles. The molecule has 6 heteroatoms. The highest BCUT2D eigenvalue weighted by Crippen LogP contribution is 2.75. The number of carbonyl (C=O) groups excluding carboxylic acids is 2. The average Bonchev–Trinajstić information content (AvgIpc) is 2.92. The summed E-state index contributed by atoms with van der Waals surface area (Å²) in [7, 11) is 0. The van der Waals surface area contributed by atoms with Crippen LogP contribution in [-0.4, -0.2) is 40.5 Å². The topological polar surface area (TPSA) is 104 Å². The lowest BCUT2D eigenvalue weighted by Crippen LogP contribution is -2.66. The third-order valence-corrected chi connectivity index (χ3v) is 14.7. The van der Waals surface area contributed by atoms with Crippen LogP contribution in [0.4, 0.5) is 0 Å². The summed E-state index contributed by atoms with van der Waals surface area (Å²) in [4.78, 5) is 38.9. The number of aliphatic carboxylic acids is 1. The number of aliphatic hydroxyl groups is 1. The van der Waals surface area contributed by atoms with Gasteiger partial charge in [-0.15, -0.1) is 0 Å². The largest absolute Gasteiger partial charge is 0.481 e. The van der Waals surface area contributed by atoms with Crippen LogP contribution in [0.5, 0.6) is 0 Å². The van der Waals surface area contributed by atoms with Crippen molar-refractivity contribution in [1.29, 1.82) is 0 Å². The summed E-state index contributed by atoms with van der Waals surface area (Å²) in [5.41, 5.74) is 0.468. The van der Waals surface area contributed by atoms with Crippen LogP contribution in [0, 0.1) is 50.2 Å². The number of amides is 1. The molecule has 4 saturated carbocycles. The van der Waals surface area contributed by atoms with Gasteiger partial charge in [-0.05, 0) is 116 Å². The van der Waals surface area contributed by atoms with Gasteiger partial charge in [-0.1, -0.05) is 66.9 Å². The maximum Gasteiger partial charge on any atom is 0.303 e. The van der Waals surface area contributed by atoms with Crippen molar-refractivity contribution in [3.05, 3.63) is 11.6 Å². The second-order valence-electron chi connectivity index (χ2n) is 17.4. The summed E-state index contributed by atoms with van der Waals surface area (Å²) in [5, 5.41) is 23.0. The molecule has 242 valence electrons. The smallest absolute Gasteiger partial charge is 0.303 e. The fourth-order valence-corrected chi connectivity index (χ4v) is 11.5. The van der Waals surface area contributed by atoms with E-state index in [9.17, 15) is 19.5 Å². The Morgan fingerprint density at radius 2 is 1.56 bits per heavy atom.